The third kappa shape index (κ3) is 2.63. The molecule has 0 heterocycles. The van der Waals surface area contributed by atoms with E-state index in [0.717, 1.165) is 5.56 Å². The van der Waals surface area contributed by atoms with Gasteiger partial charge in [-0.05, 0) is 39.5 Å². The third-order valence-electron chi connectivity index (χ3n) is 2.20. The first-order chi connectivity index (χ1) is 6.97. The number of carbonyl (C=O) groups is 1. The van der Waals surface area contributed by atoms with E-state index in [2.05, 4.69) is 15.9 Å². The van der Waals surface area contributed by atoms with Gasteiger partial charge in [-0.2, -0.15) is 0 Å². The van der Waals surface area contributed by atoms with Gasteiger partial charge in [0.05, 0.1) is 16.6 Å². The van der Waals surface area contributed by atoms with Gasteiger partial charge in [-0.15, -0.1) is 0 Å². The van der Waals surface area contributed by atoms with Crippen LogP contribution in [0.3, 0.4) is 0 Å². The van der Waals surface area contributed by atoms with E-state index in [1.165, 1.54) is 0 Å². The van der Waals surface area contributed by atoms with E-state index in [4.69, 9.17) is 5.73 Å². The molecule has 0 unspecified atom stereocenters. The second-order valence-corrected chi connectivity index (χ2v) is 4.50. The molecule has 0 amide bonds. The fraction of sp³-hybridized carbons (Fsp3) is 0.364. The Hall–Kier alpha value is -0.740. The Bertz CT molecular complexity index is 390. The van der Waals surface area contributed by atoms with E-state index in [1.807, 2.05) is 13.8 Å². The van der Waals surface area contributed by atoms with Gasteiger partial charge in [0.15, 0.2) is 5.78 Å². The second-order valence-electron chi connectivity index (χ2n) is 3.65. The predicted octanol–water partition coefficient (Wildman–Crippen LogP) is 2.85. The number of rotatable bonds is 3. The minimum atomic E-state index is -0.533. The minimum absolute atomic E-state index is 0.0653. The van der Waals surface area contributed by atoms with E-state index in [1.54, 1.807) is 12.1 Å². The Morgan fingerprint density at radius 1 is 1.53 bits per heavy atom. The Kier molecular flexibility index (Phi) is 3.99. The van der Waals surface area contributed by atoms with E-state index < -0.39 is 5.82 Å². The summed E-state index contributed by atoms with van der Waals surface area (Å²) in [5.74, 6) is -0.670. The Morgan fingerprint density at radius 2 is 2.13 bits per heavy atom. The number of nitrogens with two attached hydrogens (primary N) is 1. The highest BCUT2D eigenvalue weighted by atomic mass is 79.9. The molecule has 0 spiro atoms. The van der Waals surface area contributed by atoms with Gasteiger partial charge in [0.1, 0.15) is 5.82 Å². The minimum Gasteiger partial charge on any atom is -0.324 e. The number of benzene rings is 1. The van der Waals surface area contributed by atoms with Crippen molar-refractivity contribution < 1.29 is 9.18 Å². The molecule has 0 saturated carbocycles. The standard InChI is InChI=1S/C11H13BrFNO/c1-6(2)7-3-8(10(15)5-14)11(13)9(12)4-7/h3-4,6H,5,14H2,1-2H3. The van der Waals surface area contributed by atoms with Crippen LogP contribution in [-0.4, -0.2) is 12.3 Å². The summed E-state index contributed by atoms with van der Waals surface area (Å²) < 4.78 is 13.9. The molecule has 0 fully saturated rings. The maximum atomic E-state index is 13.6. The number of carbonyl (C=O) groups excluding carboxylic acids is 1. The Morgan fingerprint density at radius 3 is 2.60 bits per heavy atom. The summed E-state index contributed by atoms with van der Waals surface area (Å²) in [5.41, 5.74) is 6.20. The zero-order chi connectivity index (χ0) is 11.6. The molecule has 0 atom stereocenters. The molecule has 1 rings (SSSR count). The maximum Gasteiger partial charge on any atom is 0.179 e. The first kappa shape index (κ1) is 12.3. The molecule has 2 N–H and O–H groups in total. The molecule has 1 aromatic rings. The molecule has 0 aliphatic heterocycles. The molecular weight excluding hydrogens is 261 g/mol. The topological polar surface area (TPSA) is 43.1 Å². The zero-order valence-electron chi connectivity index (χ0n) is 8.68. The van der Waals surface area contributed by atoms with Gasteiger partial charge >= 0.3 is 0 Å². The number of ketones is 1. The van der Waals surface area contributed by atoms with Gasteiger partial charge in [0.2, 0.25) is 0 Å². The quantitative estimate of drug-likeness (QED) is 0.861. The van der Waals surface area contributed by atoms with Gasteiger partial charge in [-0.3, -0.25) is 4.79 Å². The molecule has 2 nitrogen and oxygen atoms in total. The number of halogens is 2. The lowest BCUT2D eigenvalue weighted by atomic mass is 9.99. The molecule has 0 aliphatic carbocycles. The highest BCUT2D eigenvalue weighted by Gasteiger charge is 2.15. The lowest BCUT2D eigenvalue weighted by Gasteiger charge is -2.10. The normalized spacial score (nSPS) is 10.8. The van der Waals surface area contributed by atoms with Crippen molar-refractivity contribution in [3.8, 4) is 0 Å². The summed E-state index contributed by atoms with van der Waals surface area (Å²) in [6, 6.07) is 3.26. The van der Waals surface area contributed by atoms with Crippen molar-refractivity contribution in [3.63, 3.8) is 0 Å². The predicted molar refractivity (Wildman–Crippen MR) is 61.6 cm³/mol. The third-order valence-corrected chi connectivity index (χ3v) is 2.78. The summed E-state index contributed by atoms with van der Waals surface area (Å²) >= 11 is 3.09. The molecule has 0 bridgehead atoms. The van der Waals surface area contributed by atoms with Gasteiger partial charge in [-0.25, -0.2) is 4.39 Å². The van der Waals surface area contributed by atoms with Crippen molar-refractivity contribution in [2.75, 3.05) is 6.54 Å². The molecule has 0 aromatic heterocycles. The Labute approximate surface area is 96.8 Å². The molecule has 82 valence electrons. The second kappa shape index (κ2) is 4.86. The summed E-state index contributed by atoms with van der Waals surface area (Å²) in [4.78, 5) is 11.4. The SMILES string of the molecule is CC(C)c1cc(Br)c(F)c(C(=O)CN)c1. The molecule has 1 aromatic carbocycles. The molecule has 0 saturated heterocycles. The fourth-order valence-corrected chi connectivity index (χ4v) is 1.73. The van der Waals surface area contributed by atoms with E-state index in [0.29, 0.717) is 4.47 Å². The van der Waals surface area contributed by atoms with E-state index in [9.17, 15) is 9.18 Å². The van der Waals surface area contributed by atoms with Crippen LogP contribution in [-0.2, 0) is 0 Å². The number of hydrogen-bond donors (Lipinski definition) is 1. The molecule has 4 heteroatoms. The maximum absolute atomic E-state index is 13.6. The van der Waals surface area contributed by atoms with Crippen LogP contribution in [0, 0.1) is 5.82 Å². The van der Waals surface area contributed by atoms with E-state index >= 15 is 0 Å². The Balaban J connectivity index is 3.31. The van der Waals surface area contributed by atoms with Crippen LogP contribution < -0.4 is 5.73 Å². The van der Waals surface area contributed by atoms with Crippen molar-refractivity contribution in [2.24, 2.45) is 5.73 Å². The van der Waals surface area contributed by atoms with Crippen molar-refractivity contribution in [1.29, 1.82) is 0 Å². The molecule has 0 radical (unpaired) electrons. The monoisotopic (exact) mass is 273 g/mol. The molecule has 0 aliphatic rings. The van der Waals surface area contributed by atoms with Gasteiger partial charge < -0.3 is 5.73 Å². The van der Waals surface area contributed by atoms with E-state index in [-0.39, 0.29) is 23.8 Å². The van der Waals surface area contributed by atoms with Gasteiger partial charge in [0, 0.05) is 0 Å². The largest absolute Gasteiger partial charge is 0.324 e. The van der Waals surface area contributed by atoms with Crippen molar-refractivity contribution in [2.45, 2.75) is 19.8 Å². The highest BCUT2D eigenvalue weighted by molar-refractivity contribution is 9.10. The number of Topliss-reactive ketones (excluding diaryl/α,β-unsaturated/α-hetero) is 1. The average Bonchev–Trinajstić information content (AvgIpc) is 2.20. The van der Waals surface area contributed by atoms with Crippen LogP contribution in [0.15, 0.2) is 16.6 Å². The van der Waals surface area contributed by atoms with Crippen LogP contribution in [0.5, 0.6) is 0 Å². The highest BCUT2D eigenvalue weighted by Crippen LogP contribution is 2.25. The lowest BCUT2D eigenvalue weighted by molar-refractivity contribution is 0.0997. The van der Waals surface area contributed by atoms with Crippen LogP contribution in [0.2, 0.25) is 0 Å². The first-order valence-corrected chi connectivity index (χ1v) is 5.48. The van der Waals surface area contributed by atoms with Gasteiger partial charge in [-0.1, -0.05) is 13.8 Å². The summed E-state index contributed by atoms with van der Waals surface area (Å²) in [6.07, 6.45) is 0. The summed E-state index contributed by atoms with van der Waals surface area (Å²) in [6.45, 7) is 3.79. The molecule has 15 heavy (non-hydrogen) atoms. The zero-order valence-corrected chi connectivity index (χ0v) is 10.3. The smallest absolute Gasteiger partial charge is 0.179 e. The van der Waals surface area contributed by atoms with Crippen LogP contribution in [0.4, 0.5) is 4.39 Å². The van der Waals surface area contributed by atoms with Gasteiger partial charge in [0.25, 0.3) is 0 Å². The first-order valence-electron chi connectivity index (χ1n) is 4.69. The summed E-state index contributed by atoms with van der Waals surface area (Å²) in [7, 11) is 0. The average molecular weight is 274 g/mol. The van der Waals surface area contributed by atoms with Crippen molar-refractivity contribution >= 4 is 21.7 Å². The van der Waals surface area contributed by atoms with Crippen LogP contribution in [0.1, 0.15) is 35.7 Å². The van der Waals surface area contributed by atoms with Crippen LogP contribution >= 0.6 is 15.9 Å². The lowest BCUT2D eigenvalue weighted by Crippen LogP contribution is -2.16. The van der Waals surface area contributed by atoms with Crippen molar-refractivity contribution in [1.82, 2.24) is 0 Å². The summed E-state index contributed by atoms with van der Waals surface area (Å²) in [5, 5.41) is 0. The molecular formula is C11H13BrFNO. The van der Waals surface area contributed by atoms with Crippen LogP contribution in [0.25, 0.3) is 0 Å². The number of hydrogen-bond acceptors (Lipinski definition) is 2. The fourth-order valence-electron chi connectivity index (χ4n) is 1.26. The van der Waals surface area contributed by atoms with Crippen molar-refractivity contribution in [3.05, 3.63) is 33.5 Å².